The van der Waals surface area contributed by atoms with E-state index in [1.54, 1.807) is 36.4 Å². The number of nitrogens with zero attached hydrogens (tertiary/aromatic N) is 3. The third kappa shape index (κ3) is 3.46. The predicted octanol–water partition coefficient (Wildman–Crippen LogP) is 1.37. The Morgan fingerprint density at radius 3 is 2.32 bits per heavy atom. The molecule has 1 aromatic heterocycles. The molecule has 0 unspecified atom stereocenters. The summed E-state index contributed by atoms with van der Waals surface area (Å²) in [6.07, 6.45) is 1.47. The van der Waals surface area contributed by atoms with E-state index in [-0.39, 0.29) is 25.0 Å². The van der Waals surface area contributed by atoms with Crippen LogP contribution in [0.25, 0.3) is 0 Å². The molecule has 0 bridgehead atoms. The van der Waals surface area contributed by atoms with Gasteiger partial charge in [0, 0.05) is 19.3 Å². The van der Waals surface area contributed by atoms with Crippen LogP contribution in [-0.2, 0) is 9.47 Å². The molecule has 0 radical (unpaired) electrons. The quantitative estimate of drug-likeness (QED) is 0.571. The van der Waals surface area contributed by atoms with Crippen LogP contribution in [0.15, 0.2) is 42.6 Å². The molecule has 1 fully saturated rings. The topological polar surface area (TPSA) is 89.0 Å². The maximum absolute atomic E-state index is 12.3. The van der Waals surface area contributed by atoms with Crippen molar-refractivity contribution in [2.24, 2.45) is 0 Å². The third-order valence-corrected chi connectivity index (χ3v) is 4.74. The van der Waals surface area contributed by atoms with Gasteiger partial charge < -0.3 is 14.4 Å². The molecule has 8 nitrogen and oxygen atoms in total. The zero-order chi connectivity index (χ0) is 19.5. The summed E-state index contributed by atoms with van der Waals surface area (Å²) >= 11 is 0. The minimum Gasteiger partial charge on any atom is -0.460 e. The number of amides is 2. The first kappa shape index (κ1) is 18.1. The molecule has 0 spiro atoms. The average Bonchev–Trinajstić information content (AvgIpc) is 2.99. The summed E-state index contributed by atoms with van der Waals surface area (Å²) in [7, 11) is 0. The van der Waals surface area contributed by atoms with Gasteiger partial charge in [0.05, 0.1) is 36.4 Å². The summed E-state index contributed by atoms with van der Waals surface area (Å²) in [5, 5.41) is 0. The van der Waals surface area contributed by atoms with Crippen LogP contribution in [0.5, 0.6) is 0 Å². The monoisotopic (exact) mass is 381 g/mol. The summed E-state index contributed by atoms with van der Waals surface area (Å²) in [4.78, 5) is 44.3. The highest BCUT2D eigenvalue weighted by molar-refractivity contribution is 6.21. The first-order valence-corrected chi connectivity index (χ1v) is 9.06. The third-order valence-electron chi connectivity index (χ3n) is 4.74. The van der Waals surface area contributed by atoms with Gasteiger partial charge >= 0.3 is 5.97 Å². The Balaban J connectivity index is 1.31. The Morgan fingerprint density at radius 2 is 1.71 bits per heavy atom. The number of hydrogen-bond donors (Lipinski definition) is 0. The number of carbonyl (C=O) groups excluding carboxylic acids is 3. The lowest BCUT2D eigenvalue weighted by molar-refractivity contribution is 0.0420. The van der Waals surface area contributed by atoms with Gasteiger partial charge in [0.2, 0.25) is 0 Å². The Labute approximate surface area is 161 Å². The van der Waals surface area contributed by atoms with Crippen LogP contribution in [-0.4, -0.2) is 67.1 Å². The molecule has 0 saturated carbocycles. The maximum Gasteiger partial charge on any atom is 0.339 e. The van der Waals surface area contributed by atoms with E-state index in [9.17, 15) is 14.4 Å². The molecule has 2 aliphatic rings. The van der Waals surface area contributed by atoms with Crippen LogP contribution in [0.1, 0.15) is 31.1 Å². The van der Waals surface area contributed by atoms with Crippen molar-refractivity contribution in [3.63, 3.8) is 0 Å². The number of esters is 1. The van der Waals surface area contributed by atoms with E-state index in [2.05, 4.69) is 9.88 Å². The standard InChI is InChI=1S/C20H19N3O5/c24-18-15-3-1-2-4-16(15)19(25)23(18)9-12-28-20(26)14-5-6-17(21-13-14)22-7-10-27-11-8-22/h1-6,13H,7-12H2. The molecule has 1 saturated heterocycles. The van der Waals surface area contributed by atoms with E-state index in [0.717, 1.165) is 23.8 Å². The Kier molecular flexibility index (Phi) is 5.03. The highest BCUT2D eigenvalue weighted by Gasteiger charge is 2.34. The van der Waals surface area contributed by atoms with E-state index in [1.807, 2.05) is 0 Å². The van der Waals surface area contributed by atoms with Crippen LogP contribution >= 0.6 is 0 Å². The Morgan fingerprint density at radius 1 is 1.04 bits per heavy atom. The molecule has 1 aromatic carbocycles. The predicted molar refractivity (Wildman–Crippen MR) is 99.4 cm³/mol. The molecule has 0 aliphatic carbocycles. The van der Waals surface area contributed by atoms with E-state index >= 15 is 0 Å². The largest absolute Gasteiger partial charge is 0.460 e. The van der Waals surface area contributed by atoms with Crippen molar-refractivity contribution in [3.05, 3.63) is 59.3 Å². The number of benzene rings is 1. The van der Waals surface area contributed by atoms with Gasteiger partial charge in [-0.25, -0.2) is 9.78 Å². The number of ether oxygens (including phenoxy) is 2. The molecular formula is C20H19N3O5. The smallest absolute Gasteiger partial charge is 0.339 e. The number of anilines is 1. The van der Waals surface area contributed by atoms with Crippen LogP contribution in [0, 0.1) is 0 Å². The second-order valence-electron chi connectivity index (χ2n) is 6.45. The van der Waals surface area contributed by atoms with Gasteiger partial charge in [0.25, 0.3) is 11.8 Å². The van der Waals surface area contributed by atoms with Crippen LogP contribution < -0.4 is 4.90 Å². The van der Waals surface area contributed by atoms with Gasteiger partial charge in [-0.15, -0.1) is 0 Å². The second-order valence-corrected chi connectivity index (χ2v) is 6.45. The van der Waals surface area contributed by atoms with Gasteiger partial charge in [0.15, 0.2) is 0 Å². The van der Waals surface area contributed by atoms with Crippen LogP contribution in [0.3, 0.4) is 0 Å². The normalized spacial score (nSPS) is 16.3. The second kappa shape index (κ2) is 7.77. The van der Waals surface area contributed by atoms with Gasteiger partial charge in [0.1, 0.15) is 12.4 Å². The molecule has 0 atom stereocenters. The average molecular weight is 381 g/mol. The van der Waals surface area contributed by atoms with Gasteiger partial charge in [-0.2, -0.15) is 0 Å². The number of morpholine rings is 1. The lowest BCUT2D eigenvalue weighted by Crippen LogP contribution is -2.36. The molecule has 2 amide bonds. The van der Waals surface area contributed by atoms with Crippen molar-refractivity contribution in [2.75, 3.05) is 44.4 Å². The van der Waals surface area contributed by atoms with Crippen molar-refractivity contribution in [1.82, 2.24) is 9.88 Å². The Bertz CT molecular complexity index is 871. The highest BCUT2D eigenvalue weighted by Crippen LogP contribution is 2.22. The van der Waals surface area contributed by atoms with E-state index < -0.39 is 5.97 Å². The van der Waals surface area contributed by atoms with Crippen molar-refractivity contribution >= 4 is 23.6 Å². The fraction of sp³-hybridized carbons (Fsp3) is 0.300. The zero-order valence-corrected chi connectivity index (χ0v) is 15.2. The molecule has 0 N–H and O–H groups in total. The lowest BCUT2D eigenvalue weighted by Gasteiger charge is -2.27. The molecular weight excluding hydrogens is 362 g/mol. The summed E-state index contributed by atoms with van der Waals surface area (Å²) in [5.41, 5.74) is 1.07. The van der Waals surface area contributed by atoms with Gasteiger partial charge in [-0.1, -0.05) is 12.1 Å². The minimum atomic E-state index is -0.544. The molecule has 28 heavy (non-hydrogen) atoms. The maximum atomic E-state index is 12.3. The van der Waals surface area contributed by atoms with Gasteiger partial charge in [-0.05, 0) is 24.3 Å². The molecule has 4 rings (SSSR count). The lowest BCUT2D eigenvalue weighted by atomic mass is 10.1. The summed E-state index contributed by atoms with van der Waals surface area (Å²) in [6.45, 7) is 2.77. The number of rotatable bonds is 5. The van der Waals surface area contributed by atoms with E-state index in [0.29, 0.717) is 29.9 Å². The summed E-state index contributed by atoms with van der Waals surface area (Å²) in [6, 6.07) is 10.1. The number of aromatic nitrogens is 1. The van der Waals surface area contributed by atoms with E-state index in [1.165, 1.54) is 6.20 Å². The molecule has 2 aliphatic heterocycles. The number of carbonyl (C=O) groups is 3. The Hall–Kier alpha value is -3.26. The number of hydrogen-bond acceptors (Lipinski definition) is 7. The molecule has 8 heteroatoms. The zero-order valence-electron chi connectivity index (χ0n) is 15.2. The molecule has 2 aromatic rings. The number of fused-ring (bicyclic) bond motifs is 1. The summed E-state index contributed by atoms with van der Waals surface area (Å²) < 4.78 is 10.5. The van der Waals surface area contributed by atoms with Crippen molar-refractivity contribution < 1.29 is 23.9 Å². The molecule has 144 valence electrons. The first-order chi connectivity index (χ1) is 13.6. The van der Waals surface area contributed by atoms with Crippen molar-refractivity contribution in [2.45, 2.75) is 0 Å². The van der Waals surface area contributed by atoms with Crippen molar-refractivity contribution in [1.29, 1.82) is 0 Å². The number of pyridine rings is 1. The van der Waals surface area contributed by atoms with Crippen LogP contribution in [0.2, 0.25) is 0 Å². The highest BCUT2D eigenvalue weighted by atomic mass is 16.5. The minimum absolute atomic E-state index is 0.0113. The van der Waals surface area contributed by atoms with Gasteiger partial charge in [-0.3, -0.25) is 14.5 Å². The summed E-state index contributed by atoms with van der Waals surface area (Å²) in [5.74, 6) is -0.495. The van der Waals surface area contributed by atoms with Crippen LogP contribution in [0.4, 0.5) is 5.82 Å². The fourth-order valence-corrected chi connectivity index (χ4v) is 3.24. The fourth-order valence-electron chi connectivity index (χ4n) is 3.24. The molecule has 3 heterocycles. The SMILES string of the molecule is O=C(OCCN1C(=O)c2ccccc2C1=O)c1ccc(N2CCOCC2)nc1. The van der Waals surface area contributed by atoms with Crippen molar-refractivity contribution in [3.8, 4) is 0 Å². The van der Waals surface area contributed by atoms with E-state index in [4.69, 9.17) is 9.47 Å². The number of imide groups is 1. The first-order valence-electron chi connectivity index (χ1n) is 9.06.